The van der Waals surface area contributed by atoms with Crippen LogP contribution < -0.4 is 10.6 Å². The Hall–Kier alpha value is -1.39. The van der Waals surface area contributed by atoms with E-state index in [0.717, 1.165) is 12.1 Å². The first-order valence-corrected chi connectivity index (χ1v) is 6.67. The molecule has 0 radical (unpaired) electrons. The van der Waals surface area contributed by atoms with E-state index in [1.807, 2.05) is 40.2 Å². The standard InChI is InChI=1S/C15H25N3O/c1-12(9-16-2)15(19)17-10-13-6-5-7-14(8-13)11-18(3)4/h5-8,12,16H,9-11H2,1-4H3,(H,17,19). The van der Waals surface area contributed by atoms with Gasteiger partial charge < -0.3 is 15.5 Å². The molecule has 0 bridgehead atoms. The Morgan fingerprint density at radius 3 is 2.63 bits per heavy atom. The van der Waals surface area contributed by atoms with Gasteiger partial charge in [-0.1, -0.05) is 31.2 Å². The van der Waals surface area contributed by atoms with Crippen molar-refractivity contribution >= 4 is 5.91 Å². The number of nitrogens with one attached hydrogen (secondary N) is 2. The smallest absolute Gasteiger partial charge is 0.224 e. The Bertz CT molecular complexity index is 404. The Morgan fingerprint density at radius 2 is 2.00 bits per heavy atom. The minimum Gasteiger partial charge on any atom is -0.352 e. The van der Waals surface area contributed by atoms with Gasteiger partial charge in [-0.15, -0.1) is 0 Å². The number of amides is 1. The Morgan fingerprint density at radius 1 is 1.32 bits per heavy atom. The number of hydrogen-bond donors (Lipinski definition) is 2. The van der Waals surface area contributed by atoms with Crippen LogP contribution in [0.5, 0.6) is 0 Å². The van der Waals surface area contributed by atoms with Crippen LogP contribution in [0.15, 0.2) is 24.3 Å². The second-order valence-electron chi connectivity index (χ2n) is 5.23. The molecule has 1 rings (SSSR count). The van der Waals surface area contributed by atoms with Gasteiger partial charge in [-0.2, -0.15) is 0 Å². The highest BCUT2D eigenvalue weighted by atomic mass is 16.1. The second-order valence-corrected chi connectivity index (χ2v) is 5.23. The van der Waals surface area contributed by atoms with Crippen LogP contribution in [0.3, 0.4) is 0 Å². The van der Waals surface area contributed by atoms with E-state index in [2.05, 4.69) is 27.7 Å². The summed E-state index contributed by atoms with van der Waals surface area (Å²) in [5.74, 6) is 0.0855. The quantitative estimate of drug-likeness (QED) is 0.777. The van der Waals surface area contributed by atoms with Crippen molar-refractivity contribution in [2.24, 2.45) is 5.92 Å². The third-order valence-electron chi connectivity index (χ3n) is 2.91. The fourth-order valence-corrected chi connectivity index (χ4v) is 1.97. The average Bonchev–Trinajstić information content (AvgIpc) is 2.36. The third-order valence-corrected chi connectivity index (χ3v) is 2.91. The normalized spacial score (nSPS) is 12.5. The van der Waals surface area contributed by atoms with E-state index in [-0.39, 0.29) is 11.8 Å². The molecule has 106 valence electrons. The van der Waals surface area contributed by atoms with E-state index in [4.69, 9.17) is 0 Å². The van der Waals surface area contributed by atoms with E-state index in [1.165, 1.54) is 5.56 Å². The summed E-state index contributed by atoms with van der Waals surface area (Å²) in [6, 6.07) is 8.33. The fraction of sp³-hybridized carbons (Fsp3) is 0.533. The zero-order valence-corrected chi connectivity index (χ0v) is 12.4. The second kappa shape index (κ2) is 7.92. The summed E-state index contributed by atoms with van der Waals surface area (Å²) in [6.07, 6.45) is 0. The monoisotopic (exact) mass is 263 g/mol. The molecule has 0 spiro atoms. The first-order chi connectivity index (χ1) is 9.02. The van der Waals surface area contributed by atoms with Crippen LogP contribution in [0.1, 0.15) is 18.1 Å². The van der Waals surface area contributed by atoms with Gasteiger partial charge in [0.15, 0.2) is 0 Å². The highest BCUT2D eigenvalue weighted by Crippen LogP contribution is 2.07. The van der Waals surface area contributed by atoms with E-state index in [0.29, 0.717) is 13.1 Å². The summed E-state index contributed by atoms with van der Waals surface area (Å²) >= 11 is 0. The molecule has 19 heavy (non-hydrogen) atoms. The minimum atomic E-state index is -0.00467. The van der Waals surface area contributed by atoms with Gasteiger partial charge in [0.05, 0.1) is 0 Å². The molecular formula is C15H25N3O. The van der Waals surface area contributed by atoms with Crippen LogP contribution >= 0.6 is 0 Å². The largest absolute Gasteiger partial charge is 0.352 e. The summed E-state index contributed by atoms with van der Waals surface area (Å²) in [6.45, 7) is 4.13. The van der Waals surface area contributed by atoms with Crippen LogP contribution in [-0.4, -0.2) is 38.5 Å². The number of carbonyl (C=O) groups excluding carboxylic acids is 1. The lowest BCUT2D eigenvalue weighted by Gasteiger charge is -2.13. The summed E-state index contributed by atoms with van der Waals surface area (Å²) in [5, 5.41) is 5.98. The van der Waals surface area contributed by atoms with Crippen molar-refractivity contribution < 1.29 is 4.79 Å². The zero-order chi connectivity index (χ0) is 14.3. The molecule has 4 heteroatoms. The molecule has 1 unspecified atom stereocenters. The van der Waals surface area contributed by atoms with Gasteiger partial charge in [-0.25, -0.2) is 0 Å². The van der Waals surface area contributed by atoms with Crippen molar-refractivity contribution in [3.8, 4) is 0 Å². The number of rotatable bonds is 7. The third kappa shape index (κ3) is 5.85. The fourth-order valence-electron chi connectivity index (χ4n) is 1.97. The Kier molecular flexibility index (Phi) is 6.53. The van der Waals surface area contributed by atoms with Crippen LogP contribution in [0.2, 0.25) is 0 Å². The van der Waals surface area contributed by atoms with E-state index in [1.54, 1.807) is 0 Å². The highest BCUT2D eigenvalue weighted by molar-refractivity contribution is 5.78. The number of nitrogens with zero attached hydrogens (tertiary/aromatic N) is 1. The van der Waals surface area contributed by atoms with Crippen molar-refractivity contribution in [3.63, 3.8) is 0 Å². The van der Waals surface area contributed by atoms with E-state index < -0.39 is 0 Å². The maximum Gasteiger partial charge on any atom is 0.224 e. The maximum absolute atomic E-state index is 11.8. The molecule has 0 saturated carbocycles. The van der Waals surface area contributed by atoms with Gasteiger partial charge in [-0.3, -0.25) is 4.79 Å². The molecule has 0 saturated heterocycles. The molecule has 0 aromatic heterocycles. The Labute approximate surface area is 116 Å². The molecule has 2 N–H and O–H groups in total. The molecule has 0 aliphatic rings. The molecule has 1 amide bonds. The molecule has 0 aliphatic heterocycles. The molecule has 4 nitrogen and oxygen atoms in total. The van der Waals surface area contributed by atoms with Crippen molar-refractivity contribution in [1.29, 1.82) is 0 Å². The van der Waals surface area contributed by atoms with Gasteiger partial charge in [0.25, 0.3) is 0 Å². The predicted octanol–water partition coefficient (Wildman–Crippen LogP) is 1.22. The van der Waals surface area contributed by atoms with Gasteiger partial charge >= 0.3 is 0 Å². The average molecular weight is 263 g/mol. The topological polar surface area (TPSA) is 44.4 Å². The van der Waals surface area contributed by atoms with Crippen molar-refractivity contribution in [2.75, 3.05) is 27.7 Å². The van der Waals surface area contributed by atoms with Crippen LogP contribution in [0, 0.1) is 5.92 Å². The van der Waals surface area contributed by atoms with Gasteiger partial charge in [-0.05, 0) is 32.3 Å². The lowest BCUT2D eigenvalue weighted by molar-refractivity contribution is -0.124. The van der Waals surface area contributed by atoms with Crippen LogP contribution in [-0.2, 0) is 17.9 Å². The first-order valence-electron chi connectivity index (χ1n) is 6.67. The highest BCUT2D eigenvalue weighted by Gasteiger charge is 2.10. The van der Waals surface area contributed by atoms with Crippen LogP contribution in [0.4, 0.5) is 0 Å². The lowest BCUT2D eigenvalue weighted by atomic mass is 10.1. The first kappa shape index (κ1) is 15.7. The lowest BCUT2D eigenvalue weighted by Crippen LogP contribution is -2.33. The van der Waals surface area contributed by atoms with Crippen molar-refractivity contribution in [2.45, 2.75) is 20.0 Å². The number of carbonyl (C=O) groups is 1. The summed E-state index contributed by atoms with van der Waals surface area (Å²) in [5.41, 5.74) is 2.41. The van der Waals surface area contributed by atoms with Crippen molar-refractivity contribution in [3.05, 3.63) is 35.4 Å². The molecule has 0 fully saturated rings. The van der Waals surface area contributed by atoms with Crippen LogP contribution in [0.25, 0.3) is 0 Å². The molecule has 1 atom stereocenters. The maximum atomic E-state index is 11.8. The molecule has 1 aromatic rings. The summed E-state index contributed by atoms with van der Waals surface area (Å²) in [7, 11) is 5.95. The van der Waals surface area contributed by atoms with Crippen molar-refractivity contribution in [1.82, 2.24) is 15.5 Å². The van der Waals surface area contributed by atoms with E-state index in [9.17, 15) is 4.79 Å². The SMILES string of the molecule is CNCC(C)C(=O)NCc1cccc(CN(C)C)c1. The van der Waals surface area contributed by atoms with Gasteiger partial charge in [0, 0.05) is 25.6 Å². The summed E-state index contributed by atoms with van der Waals surface area (Å²) in [4.78, 5) is 13.9. The molecule has 0 heterocycles. The van der Waals surface area contributed by atoms with Gasteiger partial charge in [0.2, 0.25) is 5.91 Å². The van der Waals surface area contributed by atoms with Gasteiger partial charge in [0.1, 0.15) is 0 Å². The zero-order valence-electron chi connectivity index (χ0n) is 12.4. The molecular weight excluding hydrogens is 238 g/mol. The minimum absolute atomic E-state index is 0.00467. The Balaban J connectivity index is 2.51. The molecule has 0 aliphatic carbocycles. The molecule has 1 aromatic carbocycles. The summed E-state index contributed by atoms with van der Waals surface area (Å²) < 4.78 is 0. The van der Waals surface area contributed by atoms with E-state index >= 15 is 0 Å². The number of benzene rings is 1. The predicted molar refractivity (Wildman–Crippen MR) is 78.8 cm³/mol. The number of hydrogen-bond acceptors (Lipinski definition) is 3.